The lowest BCUT2D eigenvalue weighted by atomic mass is 9.98. The number of hydrogen-bond acceptors (Lipinski definition) is 2. The monoisotopic (exact) mass is 654 g/mol. The Morgan fingerprint density at radius 3 is 1.54 bits per heavy atom. The minimum absolute atomic E-state index is 0.925. The molecule has 0 aliphatic carbocycles. The molecule has 50 heavy (non-hydrogen) atoms. The summed E-state index contributed by atoms with van der Waals surface area (Å²) in [6.45, 7) is 4.53. The Bertz CT molecular complexity index is 1940. The molecule has 0 atom stereocenters. The highest BCUT2D eigenvalue weighted by Crippen LogP contribution is 2.32. The number of benzene rings is 4. The summed E-state index contributed by atoms with van der Waals surface area (Å²) in [5.74, 6) is 0. The van der Waals surface area contributed by atoms with Crippen LogP contribution in [0.3, 0.4) is 0 Å². The first-order valence-electron chi connectivity index (χ1n) is 18.7. The van der Waals surface area contributed by atoms with Crippen molar-refractivity contribution in [1.82, 2.24) is 9.97 Å². The molecule has 0 radical (unpaired) electrons. The Morgan fingerprint density at radius 2 is 0.960 bits per heavy atom. The summed E-state index contributed by atoms with van der Waals surface area (Å²) in [5, 5.41) is 1.06. The molecule has 0 aliphatic rings. The Kier molecular flexibility index (Phi) is 12.6. The normalized spacial score (nSPS) is 11.0. The lowest BCUT2D eigenvalue weighted by Crippen LogP contribution is -1.91. The molecule has 0 N–H and O–H groups in total. The van der Waals surface area contributed by atoms with Gasteiger partial charge in [-0.15, -0.1) is 0 Å². The van der Waals surface area contributed by atoms with Crippen molar-refractivity contribution in [1.29, 1.82) is 0 Å². The van der Waals surface area contributed by atoms with Crippen molar-refractivity contribution in [2.24, 2.45) is 0 Å². The molecule has 2 heteroatoms. The lowest BCUT2D eigenvalue weighted by Gasteiger charge is -2.11. The second-order valence-corrected chi connectivity index (χ2v) is 13.4. The molecule has 2 nitrogen and oxygen atoms in total. The van der Waals surface area contributed by atoms with Crippen LogP contribution in [0, 0.1) is 0 Å². The highest BCUT2D eigenvalue weighted by Gasteiger charge is 2.10. The van der Waals surface area contributed by atoms with E-state index in [9.17, 15) is 0 Å². The molecule has 0 fully saturated rings. The summed E-state index contributed by atoms with van der Waals surface area (Å²) in [6, 6.07) is 50.2. The predicted molar refractivity (Wildman–Crippen MR) is 215 cm³/mol. The van der Waals surface area contributed by atoms with Crippen LogP contribution in [0.4, 0.5) is 0 Å². The van der Waals surface area contributed by atoms with E-state index in [0.29, 0.717) is 0 Å². The van der Waals surface area contributed by atoms with Gasteiger partial charge in [-0.1, -0.05) is 168 Å². The van der Waals surface area contributed by atoms with Crippen molar-refractivity contribution in [3.63, 3.8) is 0 Å². The molecular formula is C48H50N2. The van der Waals surface area contributed by atoms with Crippen LogP contribution in [-0.4, -0.2) is 9.97 Å². The maximum atomic E-state index is 5.30. The number of unbranched alkanes of at least 4 members (excludes halogenated alkanes) is 6. The van der Waals surface area contributed by atoms with E-state index in [0.717, 1.165) is 68.5 Å². The van der Waals surface area contributed by atoms with Gasteiger partial charge in [-0.3, -0.25) is 4.98 Å². The van der Waals surface area contributed by atoms with Crippen molar-refractivity contribution in [3.8, 4) is 44.8 Å². The highest BCUT2D eigenvalue weighted by atomic mass is 14.7. The summed E-state index contributed by atoms with van der Waals surface area (Å²) in [5.41, 5.74) is 12.4. The first-order chi connectivity index (χ1) is 24.7. The SMILES string of the molecule is CCCCCCc1ccc(-c2cc(-c3ccccc3)ccc3nc(-c4ccc(CCCCCC)cc4)cc(-c4ccccc4)c3ccn2)cc1. The van der Waals surface area contributed by atoms with E-state index in [4.69, 9.17) is 9.97 Å². The summed E-state index contributed by atoms with van der Waals surface area (Å²) in [6.07, 6.45) is 14.4. The van der Waals surface area contributed by atoms with Crippen molar-refractivity contribution in [2.45, 2.75) is 78.1 Å². The molecule has 4 aromatic carbocycles. The molecule has 2 heterocycles. The van der Waals surface area contributed by atoms with Gasteiger partial charge in [-0.05, 0) is 83.3 Å². The number of aryl methyl sites for hydroxylation is 2. The average molecular weight is 655 g/mol. The Balaban J connectivity index is 1.46. The average Bonchev–Trinajstić information content (AvgIpc) is 3.17. The fourth-order valence-electron chi connectivity index (χ4n) is 6.64. The van der Waals surface area contributed by atoms with E-state index in [2.05, 4.69) is 153 Å². The van der Waals surface area contributed by atoms with Gasteiger partial charge in [0.15, 0.2) is 0 Å². The van der Waals surface area contributed by atoms with Crippen molar-refractivity contribution < 1.29 is 0 Å². The molecule has 0 bridgehead atoms. The van der Waals surface area contributed by atoms with Crippen LogP contribution in [-0.2, 0) is 12.8 Å². The number of pyridine rings is 1. The molecule has 0 amide bonds. The minimum Gasteiger partial charge on any atom is -0.256 e. The molecule has 0 aliphatic heterocycles. The van der Waals surface area contributed by atoms with E-state index in [1.807, 2.05) is 6.20 Å². The third kappa shape index (κ3) is 9.33. The Hall–Kier alpha value is -5.08. The zero-order chi connectivity index (χ0) is 34.4. The first kappa shape index (κ1) is 34.8. The van der Waals surface area contributed by atoms with Gasteiger partial charge in [0.1, 0.15) is 0 Å². The van der Waals surface area contributed by atoms with E-state index >= 15 is 0 Å². The third-order valence-corrected chi connectivity index (χ3v) is 9.59. The van der Waals surface area contributed by atoms with Crippen LogP contribution >= 0.6 is 0 Å². The largest absolute Gasteiger partial charge is 0.256 e. The van der Waals surface area contributed by atoms with E-state index < -0.39 is 0 Å². The topological polar surface area (TPSA) is 25.8 Å². The van der Waals surface area contributed by atoms with Crippen LogP contribution in [0.25, 0.3) is 55.7 Å². The predicted octanol–water partition coefficient (Wildman–Crippen LogP) is 13.7. The summed E-state index contributed by atoms with van der Waals surface area (Å²) >= 11 is 0. The van der Waals surface area contributed by atoms with Crippen LogP contribution in [0.5, 0.6) is 0 Å². The van der Waals surface area contributed by atoms with E-state index in [-0.39, 0.29) is 0 Å². The fourth-order valence-corrected chi connectivity index (χ4v) is 6.64. The molecular weight excluding hydrogens is 605 g/mol. The van der Waals surface area contributed by atoms with Gasteiger partial charge < -0.3 is 0 Å². The number of rotatable bonds is 14. The van der Waals surface area contributed by atoms with Gasteiger partial charge >= 0.3 is 0 Å². The van der Waals surface area contributed by atoms with Gasteiger partial charge in [0, 0.05) is 22.7 Å². The molecule has 6 rings (SSSR count). The quantitative estimate of drug-likeness (QED) is 0.109. The maximum absolute atomic E-state index is 5.30. The fraction of sp³-hybridized carbons (Fsp3) is 0.250. The van der Waals surface area contributed by atoms with Gasteiger partial charge in [-0.25, -0.2) is 4.98 Å². The van der Waals surface area contributed by atoms with Gasteiger partial charge in [0.25, 0.3) is 0 Å². The summed E-state index contributed by atoms with van der Waals surface area (Å²) in [7, 11) is 0. The van der Waals surface area contributed by atoms with E-state index in [1.165, 1.54) is 62.5 Å². The van der Waals surface area contributed by atoms with Crippen molar-refractivity contribution >= 4 is 10.9 Å². The maximum Gasteiger partial charge on any atom is 0.0716 e. The number of aromatic nitrogens is 2. The summed E-state index contributed by atoms with van der Waals surface area (Å²) in [4.78, 5) is 10.4. The molecule has 2 aromatic heterocycles. The Labute approximate surface area is 299 Å². The zero-order valence-corrected chi connectivity index (χ0v) is 29.8. The Morgan fingerprint density at radius 1 is 0.420 bits per heavy atom. The van der Waals surface area contributed by atoms with E-state index in [1.54, 1.807) is 0 Å². The minimum atomic E-state index is 0.925. The molecule has 6 aromatic rings. The number of fused-ring (bicyclic) bond motifs is 1. The molecule has 0 unspecified atom stereocenters. The van der Waals surface area contributed by atoms with Crippen molar-refractivity contribution in [3.05, 3.63) is 157 Å². The summed E-state index contributed by atoms with van der Waals surface area (Å²) < 4.78 is 0. The molecule has 0 saturated heterocycles. The van der Waals surface area contributed by atoms with Gasteiger partial charge in [0.05, 0.1) is 16.9 Å². The highest BCUT2D eigenvalue weighted by molar-refractivity contribution is 5.96. The first-order valence-corrected chi connectivity index (χ1v) is 18.7. The number of hydrogen-bond donors (Lipinski definition) is 0. The molecule has 0 saturated carbocycles. The van der Waals surface area contributed by atoms with Crippen molar-refractivity contribution in [2.75, 3.05) is 0 Å². The van der Waals surface area contributed by atoms with Crippen LogP contribution in [0.2, 0.25) is 0 Å². The van der Waals surface area contributed by atoms with Crippen LogP contribution in [0.15, 0.2) is 146 Å². The second-order valence-electron chi connectivity index (χ2n) is 13.4. The number of nitrogens with zero attached hydrogens (tertiary/aromatic N) is 2. The molecule has 252 valence electrons. The zero-order valence-electron chi connectivity index (χ0n) is 29.8. The smallest absolute Gasteiger partial charge is 0.0716 e. The lowest BCUT2D eigenvalue weighted by molar-refractivity contribution is 0.667. The third-order valence-electron chi connectivity index (χ3n) is 9.59. The second kappa shape index (κ2) is 18.1. The van der Waals surface area contributed by atoms with Crippen LogP contribution < -0.4 is 0 Å². The van der Waals surface area contributed by atoms with Gasteiger partial charge in [-0.2, -0.15) is 0 Å². The standard InChI is InChI=1S/C48H50N2/c1-3-5-7-11-17-37-23-27-41(28-24-37)47-35-43(39-19-13-9-14-20-39)31-32-46-44(33-34-49-47)45(40-21-15-10-16-22-40)36-48(50-46)42-29-25-38(26-30-42)18-12-8-6-4-2/h9-10,13-16,19-36H,3-8,11-12,17-18H2,1-2H3. The van der Waals surface area contributed by atoms with Crippen LogP contribution in [0.1, 0.15) is 76.3 Å². The van der Waals surface area contributed by atoms with Gasteiger partial charge in [0.2, 0.25) is 0 Å². The molecule has 0 spiro atoms.